The van der Waals surface area contributed by atoms with Gasteiger partial charge in [0.2, 0.25) is 0 Å². The van der Waals surface area contributed by atoms with Crippen molar-refractivity contribution in [2.75, 3.05) is 18.4 Å². The molecule has 1 saturated heterocycles. The van der Waals surface area contributed by atoms with E-state index in [0.717, 1.165) is 11.7 Å². The van der Waals surface area contributed by atoms with Crippen LogP contribution in [0, 0.1) is 5.92 Å². The van der Waals surface area contributed by atoms with Crippen LogP contribution in [0.15, 0.2) is 18.3 Å². The standard InChI is InChI=1S/C18H29N3/c1-14(2)13-21-11-4-3-8-17(21)15-9-10-18(19-12-15)20-16-6-5-7-16/h9-10,12,14,16-17H,3-8,11,13H2,1-2H3,(H,19,20)/t17-/m1/s1. The van der Waals surface area contributed by atoms with Gasteiger partial charge in [-0.2, -0.15) is 0 Å². The van der Waals surface area contributed by atoms with E-state index in [2.05, 4.69) is 47.4 Å². The topological polar surface area (TPSA) is 28.2 Å². The Labute approximate surface area is 129 Å². The third-order valence-electron chi connectivity index (χ3n) is 4.84. The Hall–Kier alpha value is -1.09. The van der Waals surface area contributed by atoms with E-state index in [1.807, 2.05) is 0 Å². The Morgan fingerprint density at radius 3 is 2.67 bits per heavy atom. The van der Waals surface area contributed by atoms with Crippen LogP contribution in [0.25, 0.3) is 0 Å². The molecule has 1 aliphatic heterocycles. The number of anilines is 1. The minimum atomic E-state index is 0.575. The second-order valence-corrected chi connectivity index (χ2v) is 7.15. The van der Waals surface area contributed by atoms with Gasteiger partial charge in [0, 0.05) is 24.8 Å². The maximum atomic E-state index is 4.65. The second-order valence-electron chi connectivity index (χ2n) is 7.15. The van der Waals surface area contributed by atoms with Crippen LogP contribution in [-0.4, -0.2) is 29.0 Å². The lowest BCUT2D eigenvalue weighted by atomic mass is 9.93. The number of piperidine rings is 1. The van der Waals surface area contributed by atoms with Crippen molar-refractivity contribution in [1.29, 1.82) is 0 Å². The van der Waals surface area contributed by atoms with E-state index < -0.39 is 0 Å². The van der Waals surface area contributed by atoms with Crippen LogP contribution in [0.2, 0.25) is 0 Å². The summed E-state index contributed by atoms with van der Waals surface area (Å²) in [4.78, 5) is 7.31. The first-order chi connectivity index (χ1) is 10.2. The minimum Gasteiger partial charge on any atom is -0.367 e. The molecule has 0 unspecified atom stereocenters. The monoisotopic (exact) mass is 287 g/mol. The third-order valence-corrected chi connectivity index (χ3v) is 4.84. The summed E-state index contributed by atoms with van der Waals surface area (Å²) >= 11 is 0. The molecular weight excluding hydrogens is 258 g/mol. The molecule has 21 heavy (non-hydrogen) atoms. The Morgan fingerprint density at radius 2 is 2.05 bits per heavy atom. The maximum absolute atomic E-state index is 4.65. The van der Waals surface area contributed by atoms with Crippen LogP contribution in [-0.2, 0) is 0 Å². The summed E-state index contributed by atoms with van der Waals surface area (Å²) in [6, 6.07) is 5.70. The number of hydrogen-bond donors (Lipinski definition) is 1. The lowest BCUT2D eigenvalue weighted by molar-refractivity contribution is 0.132. The molecule has 1 N–H and O–H groups in total. The van der Waals surface area contributed by atoms with E-state index in [0.29, 0.717) is 12.1 Å². The lowest BCUT2D eigenvalue weighted by Crippen LogP contribution is -2.36. The van der Waals surface area contributed by atoms with Crippen LogP contribution in [0.1, 0.15) is 64.0 Å². The van der Waals surface area contributed by atoms with Gasteiger partial charge in [-0.05, 0) is 56.2 Å². The van der Waals surface area contributed by atoms with E-state index in [1.54, 1.807) is 0 Å². The normalized spacial score (nSPS) is 24.0. The molecule has 116 valence electrons. The molecule has 2 heterocycles. The zero-order valence-electron chi connectivity index (χ0n) is 13.5. The van der Waals surface area contributed by atoms with Gasteiger partial charge in [0.05, 0.1) is 0 Å². The summed E-state index contributed by atoms with van der Waals surface area (Å²) < 4.78 is 0. The zero-order chi connectivity index (χ0) is 14.7. The van der Waals surface area contributed by atoms with Crippen molar-refractivity contribution in [2.45, 2.75) is 64.5 Å². The fourth-order valence-corrected chi connectivity index (χ4v) is 3.51. The SMILES string of the molecule is CC(C)CN1CCCC[C@@H]1c1ccc(NC2CCC2)nc1. The number of pyridine rings is 1. The highest BCUT2D eigenvalue weighted by atomic mass is 15.2. The van der Waals surface area contributed by atoms with Gasteiger partial charge in [-0.1, -0.05) is 26.3 Å². The molecule has 3 rings (SSSR count). The summed E-state index contributed by atoms with van der Waals surface area (Å²) in [7, 11) is 0. The predicted molar refractivity (Wildman–Crippen MR) is 88.5 cm³/mol. The summed E-state index contributed by atoms with van der Waals surface area (Å²) in [6.45, 7) is 7.07. The number of aromatic nitrogens is 1. The summed E-state index contributed by atoms with van der Waals surface area (Å²) in [5, 5.41) is 3.53. The average Bonchev–Trinajstić information content (AvgIpc) is 2.44. The number of hydrogen-bond acceptors (Lipinski definition) is 3. The maximum Gasteiger partial charge on any atom is 0.126 e. The van der Waals surface area contributed by atoms with E-state index in [9.17, 15) is 0 Å². The highest BCUT2D eigenvalue weighted by Gasteiger charge is 2.24. The van der Waals surface area contributed by atoms with E-state index in [-0.39, 0.29) is 0 Å². The molecule has 0 bridgehead atoms. The Balaban J connectivity index is 1.65. The largest absolute Gasteiger partial charge is 0.367 e. The molecular formula is C18H29N3. The average molecular weight is 287 g/mol. The van der Waals surface area contributed by atoms with Crippen molar-refractivity contribution < 1.29 is 0 Å². The van der Waals surface area contributed by atoms with E-state index >= 15 is 0 Å². The summed E-state index contributed by atoms with van der Waals surface area (Å²) in [5.74, 6) is 1.78. The molecule has 1 aromatic heterocycles. The molecule has 2 fully saturated rings. The van der Waals surface area contributed by atoms with Crippen LogP contribution in [0.4, 0.5) is 5.82 Å². The first-order valence-corrected chi connectivity index (χ1v) is 8.69. The fourth-order valence-electron chi connectivity index (χ4n) is 3.51. The van der Waals surface area contributed by atoms with Gasteiger partial charge >= 0.3 is 0 Å². The van der Waals surface area contributed by atoms with Crippen LogP contribution >= 0.6 is 0 Å². The molecule has 0 aromatic carbocycles. The van der Waals surface area contributed by atoms with Crippen molar-refractivity contribution in [3.8, 4) is 0 Å². The van der Waals surface area contributed by atoms with Gasteiger partial charge in [-0.3, -0.25) is 4.90 Å². The number of nitrogens with one attached hydrogen (secondary N) is 1. The van der Waals surface area contributed by atoms with Gasteiger partial charge in [0.1, 0.15) is 5.82 Å². The van der Waals surface area contributed by atoms with Crippen molar-refractivity contribution in [1.82, 2.24) is 9.88 Å². The highest BCUT2D eigenvalue weighted by Crippen LogP contribution is 2.31. The zero-order valence-corrected chi connectivity index (χ0v) is 13.5. The lowest BCUT2D eigenvalue weighted by Gasteiger charge is -2.37. The Bertz CT molecular complexity index is 436. The molecule has 1 aromatic rings. The minimum absolute atomic E-state index is 0.575. The van der Waals surface area contributed by atoms with Crippen LogP contribution in [0.5, 0.6) is 0 Å². The van der Waals surface area contributed by atoms with Crippen molar-refractivity contribution >= 4 is 5.82 Å². The van der Waals surface area contributed by atoms with Crippen LogP contribution in [0.3, 0.4) is 0 Å². The molecule has 0 spiro atoms. The number of nitrogens with zero attached hydrogens (tertiary/aromatic N) is 2. The molecule has 0 radical (unpaired) electrons. The molecule has 1 aliphatic carbocycles. The Morgan fingerprint density at radius 1 is 1.19 bits per heavy atom. The van der Waals surface area contributed by atoms with Crippen molar-refractivity contribution in [3.63, 3.8) is 0 Å². The van der Waals surface area contributed by atoms with Crippen molar-refractivity contribution in [3.05, 3.63) is 23.9 Å². The summed E-state index contributed by atoms with van der Waals surface area (Å²) in [5.41, 5.74) is 1.40. The first kappa shape index (κ1) is 14.8. The molecule has 2 aliphatic rings. The van der Waals surface area contributed by atoms with Gasteiger partial charge in [0.25, 0.3) is 0 Å². The van der Waals surface area contributed by atoms with Gasteiger partial charge in [-0.15, -0.1) is 0 Å². The van der Waals surface area contributed by atoms with Crippen LogP contribution < -0.4 is 5.32 Å². The Kier molecular flexibility index (Phi) is 4.79. The molecule has 1 atom stereocenters. The van der Waals surface area contributed by atoms with E-state index in [4.69, 9.17) is 0 Å². The van der Waals surface area contributed by atoms with Crippen molar-refractivity contribution in [2.24, 2.45) is 5.92 Å². The summed E-state index contributed by atoms with van der Waals surface area (Å²) in [6.07, 6.45) is 10.0. The fraction of sp³-hybridized carbons (Fsp3) is 0.722. The quantitative estimate of drug-likeness (QED) is 0.878. The molecule has 3 heteroatoms. The predicted octanol–water partition coefficient (Wildman–Crippen LogP) is 4.23. The first-order valence-electron chi connectivity index (χ1n) is 8.69. The molecule has 1 saturated carbocycles. The molecule has 0 amide bonds. The van der Waals surface area contributed by atoms with Gasteiger partial charge in [-0.25, -0.2) is 4.98 Å². The van der Waals surface area contributed by atoms with E-state index in [1.165, 1.54) is 57.2 Å². The highest BCUT2D eigenvalue weighted by molar-refractivity contribution is 5.37. The van der Waals surface area contributed by atoms with Gasteiger partial charge < -0.3 is 5.32 Å². The third kappa shape index (κ3) is 3.76. The smallest absolute Gasteiger partial charge is 0.126 e. The second kappa shape index (κ2) is 6.78. The molecule has 3 nitrogen and oxygen atoms in total. The number of likely N-dealkylation sites (tertiary alicyclic amines) is 1. The van der Waals surface area contributed by atoms with Gasteiger partial charge in [0.15, 0.2) is 0 Å². The number of rotatable bonds is 5.